The van der Waals surface area contributed by atoms with E-state index in [1.54, 1.807) is 0 Å². The van der Waals surface area contributed by atoms with Gasteiger partial charge in [-0.1, -0.05) is 71.4 Å². The smallest absolute Gasteiger partial charge is 0.127 e. The number of aliphatic imine (C=N–C) groups is 2. The zero-order valence-corrected chi connectivity index (χ0v) is 29.6. The minimum absolute atomic E-state index is 0.0138. The second-order valence-electron chi connectivity index (χ2n) is 13.1. The Bertz CT molecular complexity index is 1160. The number of phenols is 2. The number of nitrogens with zero attached hydrogens (tertiary/aromatic N) is 2. The van der Waals surface area contributed by atoms with Gasteiger partial charge in [0.1, 0.15) is 11.5 Å². The summed E-state index contributed by atoms with van der Waals surface area (Å²) in [6.45, 7) is 17.4. The van der Waals surface area contributed by atoms with Gasteiger partial charge in [-0.15, -0.1) is 0 Å². The minimum Gasteiger partial charge on any atom is -0.507 e. The molecule has 45 heavy (non-hydrogen) atoms. The van der Waals surface area contributed by atoms with Crippen LogP contribution in [0.2, 0.25) is 0 Å². The molecule has 2 aromatic rings. The maximum Gasteiger partial charge on any atom is 0.127 e. The first-order chi connectivity index (χ1) is 21.8. The molecule has 0 radical (unpaired) electrons. The van der Waals surface area contributed by atoms with Crippen molar-refractivity contribution in [3.8, 4) is 11.5 Å². The standard InChI is InChI=1S/C41H62N2O2/c1-8-13-18-22-34(21-16-11-4)36-25-32(7)41(45)38(27-36)29-43-39(23-17-12-5)30-42-28-37-26-35(24-31(6)40(37)44)33(19-14-9-2)20-15-10-3/h8,24-29,33-34,39H,4,9-23,30H2,1-3,5-7H3/p+2. The molecule has 0 heterocycles. The number of aryl methyl sites for hydroxylation is 2. The Morgan fingerprint density at radius 2 is 1.20 bits per heavy atom. The highest BCUT2D eigenvalue weighted by Gasteiger charge is 2.17. The monoisotopic (exact) mass is 616 g/mol. The molecule has 2 unspecified atom stereocenters. The van der Waals surface area contributed by atoms with E-state index in [0.29, 0.717) is 29.9 Å². The molecule has 2 N–H and O–H groups in total. The third kappa shape index (κ3) is 13.2. The molecule has 0 aliphatic rings. The van der Waals surface area contributed by atoms with Crippen LogP contribution in [0.5, 0.6) is 11.5 Å². The van der Waals surface area contributed by atoms with Gasteiger partial charge in [0.25, 0.3) is 0 Å². The summed E-state index contributed by atoms with van der Waals surface area (Å²) < 4.78 is 0. The number of rotatable bonds is 23. The molecule has 0 aliphatic carbocycles. The molecule has 4 nitrogen and oxygen atoms in total. The van der Waals surface area contributed by atoms with Crippen molar-refractivity contribution in [2.45, 2.75) is 156 Å². The van der Waals surface area contributed by atoms with Gasteiger partial charge < -0.3 is 10.2 Å². The van der Waals surface area contributed by atoms with E-state index in [1.807, 2.05) is 26.3 Å². The molecule has 0 bridgehead atoms. The van der Waals surface area contributed by atoms with Crippen LogP contribution in [0.3, 0.4) is 0 Å². The Balaban J connectivity index is 2.30. The lowest BCUT2D eigenvalue weighted by molar-refractivity contribution is 0.467. The molecule has 4 heteroatoms. The van der Waals surface area contributed by atoms with Gasteiger partial charge in [0.15, 0.2) is 0 Å². The molecule has 2 aromatic carbocycles. The summed E-state index contributed by atoms with van der Waals surface area (Å²) in [6, 6.07) is 8.65. The normalized spacial score (nSPS) is 13.3. The summed E-state index contributed by atoms with van der Waals surface area (Å²) in [4.78, 5) is 9.80. The molecule has 0 fully saturated rings. The zero-order chi connectivity index (χ0) is 33.0. The Labute approximate surface area is 276 Å². The fourth-order valence-electron chi connectivity index (χ4n) is 6.27. The summed E-state index contributed by atoms with van der Waals surface area (Å²) in [5, 5.41) is 21.9. The van der Waals surface area contributed by atoms with E-state index in [9.17, 15) is 10.2 Å². The van der Waals surface area contributed by atoms with Crippen LogP contribution in [0.1, 0.15) is 169 Å². The second-order valence-corrected chi connectivity index (χ2v) is 13.1. The van der Waals surface area contributed by atoms with E-state index in [4.69, 9.17) is 9.98 Å². The Morgan fingerprint density at radius 3 is 1.71 bits per heavy atom. The Morgan fingerprint density at radius 1 is 0.711 bits per heavy atom. The van der Waals surface area contributed by atoms with E-state index >= 15 is 0 Å². The number of unbranched alkanes of at least 4 members (excludes halogenated alkanes) is 6. The first kappa shape index (κ1) is 38.3. The van der Waals surface area contributed by atoms with Gasteiger partial charge >= 0.3 is 0 Å². The van der Waals surface area contributed by atoms with Gasteiger partial charge in [-0.25, -0.2) is 0 Å². The van der Waals surface area contributed by atoms with Crippen molar-refractivity contribution in [3.63, 3.8) is 0 Å². The summed E-state index contributed by atoms with van der Waals surface area (Å²) in [7, 11) is 0. The van der Waals surface area contributed by atoms with E-state index in [-0.39, 0.29) is 6.04 Å². The highest BCUT2D eigenvalue weighted by atomic mass is 16.3. The van der Waals surface area contributed by atoms with Crippen molar-refractivity contribution in [3.05, 3.63) is 71.0 Å². The summed E-state index contributed by atoms with van der Waals surface area (Å²) in [5.74, 6) is 1.63. The summed E-state index contributed by atoms with van der Waals surface area (Å²) in [5.41, 5.74) is 6.03. The van der Waals surface area contributed by atoms with E-state index in [0.717, 1.165) is 73.6 Å². The SMILES string of the molecule is [CH2+]CCCC(CCC[CH+]C)c1cc(C)c(O)c(C=NC(CCCC)CN=Cc2cc(C(CCCC)CCCC)cc(C)c2O)c1. The van der Waals surface area contributed by atoms with Crippen LogP contribution in [0.25, 0.3) is 0 Å². The van der Waals surface area contributed by atoms with Crippen LogP contribution in [0, 0.1) is 27.2 Å². The molecule has 0 saturated heterocycles. The third-order valence-electron chi connectivity index (χ3n) is 9.17. The van der Waals surface area contributed by atoms with Gasteiger partial charge in [-0.2, -0.15) is 0 Å². The predicted molar refractivity (Wildman–Crippen MR) is 197 cm³/mol. The fourth-order valence-corrected chi connectivity index (χ4v) is 6.27. The molecule has 0 spiro atoms. The Kier molecular flexibility index (Phi) is 18.5. The minimum atomic E-state index is 0.0138. The highest BCUT2D eigenvalue weighted by Crippen LogP contribution is 2.34. The zero-order valence-electron chi connectivity index (χ0n) is 29.6. The lowest BCUT2D eigenvalue weighted by Gasteiger charge is -2.19. The van der Waals surface area contributed by atoms with Crippen LogP contribution >= 0.6 is 0 Å². The lowest BCUT2D eigenvalue weighted by atomic mass is 9.87. The van der Waals surface area contributed by atoms with Gasteiger partial charge in [-0.3, -0.25) is 9.98 Å². The molecule has 2 atom stereocenters. The van der Waals surface area contributed by atoms with Crippen LogP contribution < -0.4 is 0 Å². The molecular weight excluding hydrogens is 552 g/mol. The number of aromatic hydroxyl groups is 2. The van der Waals surface area contributed by atoms with Crippen molar-refractivity contribution < 1.29 is 10.2 Å². The molecule has 0 aliphatic heterocycles. The van der Waals surface area contributed by atoms with Crippen LogP contribution in [-0.2, 0) is 0 Å². The number of hydrogen-bond donors (Lipinski definition) is 2. The molecular formula is C41H64N2O2+2. The second kappa shape index (κ2) is 21.8. The first-order valence-electron chi connectivity index (χ1n) is 18.1. The summed E-state index contributed by atoms with van der Waals surface area (Å²) >= 11 is 0. The highest BCUT2D eigenvalue weighted by molar-refractivity contribution is 5.85. The van der Waals surface area contributed by atoms with Crippen molar-refractivity contribution in [2.75, 3.05) is 6.54 Å². The molecule has 2 rings (SSSR count). The van der Waals surface area contributed by atoms with E-state index in [2.05, 4.69) is 65.3 Å². The Hall–Kier alpha value is -2.88. The van der Waals surface area contributed by atoms with E-state index in [1.165, 1.54) is 56.1 Å². The van der Waals surface area contributed by atoms with Gasteiger partial charge in [0.2, 0.25) is 0 Å². The maximum absolute atomic E-state index is 11.0. The largest absolute Gasteiger partial charge is 0.507 e. The number of hydrogen-bond acceptors (Lipinski definition) is 4. The van der Waals surface area contributed by atoms with Gasteiger partial charge in [0.05, 0.1) is 45.7 Å². The van der Waals surface area contributed by atoms with Crippen LogP contribution in [0.15, 0.2) is 34.3 Å². The first-order valence-corrected chi connectivity index (χ1v) is 18.1. The van der Waals surface area contributed by atoms with Crippen molar-refractivity contribution in [1.82, 2.24) is 0 Å². The van der Waals surface area contributed by atoms with Gasteiger partial charge in [-0.05, 0) is 105 Å². The molecule has 248 valence electrons. The average Bonchev–Trinajstić information content (AvgIpc) is 3.03. The van der Waals surface area contributed by atoms with Gasteiger partial charge in [0, 0.05) is 23.6 Å². The number of benzene rings is 2. The summed E-state index contributed by atoms with van der Waals surface area (Å²) in [6.07, 6.45) is 22.9. The third-order valence-corrected chi connectivity index (χ3v) is 9.17. The van der Waals surface area contributed by atoms with Crippen LogP contribution in [0.4, 0.5) is 0 Å². The predicted octanol–water partition coefficient (Wildman–Crippen LogP) is 11.8. The van der Waals surface area contributed by atoms with E-state index < -0.39 is 0 Å². The average molecular weight is 617 g/mol. The quantitative estimate of drug-likeness (QED) is 0.0741. The van der Waals surface area contributed by atoms with Crippen molar-refractivity contribution in [1.29, 1.82) is 0 Å². The lowest BCUT2D eigenvalue weighted by Crippen LogP contribution is -2.10. The topological polar surface area (TPSA) is 65.2 Å². The molecule has 0 amide bonds. The maximum atomic E-state index is 11.0. The van der Waals surface area contributed by atoms with Crippen LogP contribution in [-0.4, -0.2) is 35.2 Å². The number of phenolic OH excluding ortho intramolecular Hbond substituents is 2. The fraction of sp³-hybridized carbons (Fsp3) is 0.610. The molecule has 0 aromatic heterocycles. The van der Waals surface area contributed by atoms with Crippen molar-refractivity contribution >= 4 is 12.4 Å². The van der Waals surface area contributed by atoms with Crippen molar-refractivity contribution in [2.24, 2.45) is 9.98 Å². The molecule has 0 saturated carbocycles.